The first kappa shape index (κ1) is 32.2. The summed E-state index contributed by atoms with van der Waals surface area (Å²) in [5.74, 6) is -0.971. The highest BCUT2D eigenvalue weighted by Gasteiger charge is 2.37. The standard InChI is InChI=1S/C28H30ClF3N8O4S/c1-15-13-18(16(2)34-20-5-6-22(29)35-24(20)25(41)37-45(4,43)44)23-19(14-15)26(42)38(3)27(36-23)39-11-8-17(9-12-39)21-7-10-33-40(21)28(30,31)32/h5-7,10,13-14,16-17,34H,8-9,11-12H2,1-4H3,(H,37,41)/t16-/m1/s1. The maximum Gasteiger partial charge on any atom is 0.504 e. The highest BCUT2D eigenvalue weighted by atomic mass is 35.5. The molecule has 0 spiro atoms. The van der Waals surface area contributed by atoms with E-state index in [-0.39, 0.29) is 38.4 Å². The average molecular weight is 667 g/mol. The van der Waals surface area contributed by atoms with Gasteiger partial charge in [-0.1, -0.05) is 17.7 Å². The van der Waals surface area contributed by atoms with Crippen molar-refractivity contribution in [2.45, 2.75) is 44.9 Å². The second-order valence-electron chi connectivity index (χ2n) is 11.0. The van der Waals surface area contributed by atoms with Gasteiger partial charge in [0.2, 0.25) is 16.0 Å². The summed E-state index contributed by atoms with van der Waals surface area (Å²) in [7, 11) is -2.28. The molecule has 17 heteroatoms. The number of nitrogens with one attached hydrogen (secondary N) is 2. The maximum atomic E-state index is 13.6. The number of rotatable bonds is 7. The van der Waals surface area contributed by atoms with Crippen LogP contribution in [-0.2, 0) is 23.4 Å². The maximum absolute atomic E-state index is 13.6. The first-order valence-corrected chi connectivity index (χ1v) is 16.1. The number of hydrogen-bond acceptors (Lipinski definition) is 9. The lowest BCUT2D eigenvalue weighted by Gasteiger charge is -2.34. The fourth-order valence-electron chi connectivity index (χ4n) is 5.62. The van der Waals surface area contributed by atoms with Crippen molar-refractivity contribution in [1.29, 1.82) is 0 Å². The minimum Gasteiger partial charge on any atom is -0.377 e. The Morgan fingerprint density at radius 1 is 1.13 bits per heavy atom. The van der Waals surface area contributed by atoms with E-state index in [1.807, 2.05) is 22.6 Å². The number of pyridine rings is 1. The fourth-order valence-corrected chi connectivity index (χ4v) is 6.20. The molecule has 1 aliphatic heterocycles. The van der Waals surface area contributed by atoms with Gasteiger partial charge < -0.3 is 10.2 Å². The first-order valence-electron chi connectivity index (χ1n) is 13.9. The number of piperidine rings is 1. The van der Waals surface area contributed by atoms with Crippen molar-refractivity contribution in [1.82, 2.24) is 29.0 Å². The largest absolute Gasteiger partial charge is 0.504 e. The number of hydrogen-bond donors (Lipinski definition) is 2. The van der Waals surface area contributed by atoms with Gasteiger partial charge in [-0.05, 0) is 56.5 Å². The summed E-state index contributed by atoms with van der Waals surface area (Å²) in [5.41, 5.74) is 1.57. The number of fused-ring (bicyclic) bond motifs is 1. The average Bonchev–Trinajstić information content (AvgIpc) is 3.46. The summed E-state index contributed by atoms with van der Waals surface area (Å²) in [6.07, 6.45) is -1.83. The van der Waals surface area contributed by atoms with Crippen LogP contribution in [0.1, 0.15) is 59.0 Å². The summed E-state index contributed by atoms with van der Waals surface area (Å²) < 4.78 is 67.1. The van der Waals surface area contributed by atoms with E-state index in [2.05, 4.69) is 15.4 Å². The molecule has 1 aliphatic rings. The zero-order valence-corrected chi connectivity index (χ0v) is 26.3. The topological polar surface area (TPSA) is 144 Å². The van der Waals surface area contributed by atoms with Crippen LogP contribution in [0.2, 0.25) is 5.15 Å². The van der Waals surface area contributed by atoms with Crippen LogP contribution >= 0.6 is 11.6 Å². The van der Waals surface area contributed by atoms with Crippen molar-refractivity contribution < 1.29 is 26.4 Å². The molecule has 240 valence electrons. The molecular weight excluding hydrogens is 637 g/mol. The molecule has 0 aliphatic carbocycles. The van der Waals surface area contributed by atoms with Crippen LogP contribution in [0.15, 0.2) is 41.3 Å². The highest BCUT2D eigenvalue weighted by molar-refractivity contribution is 7.89. The molecular formula is C28H30ClF3N8O4S. The monoisotopic (exact) mass is 666 g/mol. The van der Waals surface area contributed by atoms with Crippen molar-refractivity contribution in [2.75, 3.05) is 29.6 Å². The van der Waals surface area contributed by atoms with Crippen molar-refractivity contribution in [3.05, 3.63) is 74.6 Å². The Bertz CT molecular complexity index is 1950. The third kappa shape index (κ3) is 6.76. The van der Waals surface area contributed by atoms with E-state index in [0.717, 1.165) is 18.0 Å². The number of amides is 1. The summed E-state index contributed by atoms with van der Waals surface area (Å²) >= 11 is 6.00. The second-order valence-corrected chi connectivity index (χ2v) is 13.2. The predicted molar refractivity (Wildman–Crippen MR) is 163 cm³/mol. The van der Waals surface area contributed by atoms with Crippen molar-refractivity contribution in [2.24, 2.45) is 7.05 Å². The van der Waals surface area contributed by atoms with Gasteiger partial charge in [0, 0.05) is 37.8 Å². The van der Waals surface area contributed by atoms with Gasteiger partial charge >= 0.3 is 6.30 Å². The van der Waals surface area contributed by atoms with E-state index >= 15 is 0 Å². The Kier molecular flexibility index (Phi) is 8.57. The van der Waals surface area contributed by atoms with Crippen LogP contribution in [0.3, 0.4) is 0 Å². The van der Waals surface area contributed by atoms with Gasteiger partial charge in [-0.25, -0.2) is 23.1 Å². The number of aryl methyl sites for hydroxylation is 1. The molecule has 0 bridgehead atoms. The number of halogens is 4. The SMILES string of the molecule is Cc1cc([C@@H](C)Nc2ccc(Cl)nc2C(=O)NS(C)(=O)=O)c2nc(N3CCC(c4ccnn4C(F)(F)F)CC3)n(C)c(=O)c2c1. The Labute approximate surface area is 261 Å². The number of sulfonamides is 1. The van der Waals surface area contributed by atoms with E-state index in [4.69, 9.17) is 16.6 Å². The van der Waals surface area contributed by atoms with Gasteiger partial charge in [0.25, 0.3) is 11.5 Å². The van der Waals surface area contributed by atoms with Crippen LogP contribution in [0.25, 0.3) is 10.9 Å². The molecule has 4 aromatic rings. The molecule has 0 unspecified atom stereocenters. The van der Waals surface area contributed by atoms with Crippen LogP contribution < -0.4 is 20.5 Å². The summed E-state index contributed by atoms with van der Waals surface area (Å²) in [5, 5.41) is 6.97. The molecule has 1 aromatic carbocycles. The lowest BCUT2D eigenvalue weighted by atomic mass is 9.93. The summed E-state index contributed by atoms with van der Waals surface area (Å²) in [4.78, 5) is 37.1. The number of alkyl halides is 3. The predicted octanol–water partition coefficient (Wildman–Crippen LogP) is 4.21. The molecule has 45 heavy (non-hydrogen) atoms. The van der Waals surface area contributed by atoms with Gasteiger partial charge in [0.05, 0.1) is 34.6 Å². The molecule has 1 atom stereocenters. The van der Waals surface area contributed by atoms with E-state index < -0.39 is 28.3 Å². The van der Waals surface area contributed by atoms with Crippen LogP contribution in [-0.4, -0.2) is 58.0 Å². The lowest BCUT2D eigenvalue weighted by molar-refractivity contribution is -0.214. The van der Waals surface area contributed by atoms with E-state index in [1.54, 1.807) is 20.0 Å². The normalized spacial score (nSPS) is 15.3. The molecule has 4 heterocycles. The zero-order chi connectivity index (χ0) is 32.8. The Hall–Kier alpha value is -4.18. The molecule has 1 fully saturated rings. The number of aromatic nitrogens is 5. The quantitative estimate of drug-likeness (QED) is 0.277. The number of carbonyl (C=O) groups excluding carboxylic acids is 1. The number of nitrogens with zero attached hydrogens (tertiary/aromatic N) is 6. The molecule has 3 aromatic heterocycles. The molecule has 1 saturated heterocycles. The van der Waals surface area contributed by atoms with Gasteiger partial charge in [-0.15, -0.1) is 13.2 Å². The van der Waals surface area contributed by atoms with Gasteiger partial charge in [0.15, 0.2) is 5.69 Å². The van der Waals surface area contributed by atoms with Crippen molar-refractivity contribution >= 4 is 50.1 Å². The molecule has 0 radical (unpaired) electrons. The second kappa shape index (κ2) is 12.0. The summed E-state index contributed by atoms with van der Waals surface area (Å²) in [6, 6.07) is 7.34. The van der Waals surface area contributed by atoms with Gasteiger partial charge in [-0.2, -0.15) is 9.78 Å². The van der Waals surface area contributed by atoms with E-state index in [9.17, 15) is 31.2 Å². The number of carbonyl (C=O) groups is 1. The third-order valence-corrected chi connectivity index (χ3v) is 8.40. The van der Waals surface area contributed by atoms with Gasteiger partial charge in [0.1, 0.15) is 5.15 Å². The molecule has 0 saturated carbocycles. The Morgan fingerprint density at radius 2 is 1.82 bits per heavy atom. The molecule has 1 amide bonds. The van der Waals surface area contributed by atoms with Crippen LogP contribution in [0.5, 0.6) is 0 Å². The highest BCUT2D eigenvalue weighted by Crippen LogP contribution is 2.35. The third-order valence-electron chi connectivity index (χ3n) is 7.63. The van der Waals surface area contributed by atoms with E-state index in [1.165, 1.54) is 22.8 Å². The van der Waals surface area contributed by atoms with Crippen LogP contribution in [0.4, 0.5) is 24.8 Å². The molecule has 12 nitrogen and oxygen atoms in total. The van der Waals surface area contributed by atoms with Crippen molar-refractivity contribution in [3.8, 4) is 0 Å². The zero-order valence-electron chi connectivity index (χ0n) is 24.7. The fraction of sp³-hybridized carbons (Fsp3) is 0.393. The number of anilines is 2. The lowest BCUT2D eigenvalue weighted by Crippen LogP contribution is -2.38. The molecule has 2 N–H and O–H groups in total. The first-order chi connectivity index (χ1) is 21.0. The smallest absolute Gasteiger partial charge is 0.377 e. The van der Waals surface area contributed by atoms with Crippen LogP contribution in [0, 0.1) is 6.92 Å². The minimum absolute atomic E-state index is 0.0192. The van der Waals surface area contributed by atoms with Gasteiger partial charge in [-0.3, -0.25) is 14.2 Å². The Morgan fingerprint density at radius 3 is 2.47 bits per heavy atom. The minimum atomic E-state index is -4.61. The van der Waals surface area contributed by atoms with Crippen molar-refractivity contribution in [3.63, 3.8) is 0 Å². The molecule has 5 rings (SSSR count). The van der Waals surface area contributed by atoms with E-state index in [0.29, 0.717) is 48.3 Å². The Balaban J connectivity index is 1.48. The number of benzene rings is 1. The summed E-state index contributed by atoms with van der Waals surface area (Å²) in [6.45, 7) is 4.34.